The van der Waals surface area contributed by atoms with Crippen LogP contribution in [0.4, 0.5) is 0 Å². The number of allylic oxidation sites excluding steroid dienone is 2. The van der Waals surface area contributed by atoms with Gasteiger partial charge in [0.25, 0.3) is 0 Å². The maximum Gasteiger partial charge on any atom is 0.0548 e. The maximum absolute atomic E-state index is 5.77. The van der Waals surface area contributed by atoms with Crippen LogP contribution >= 0.6 is 0 Å². The van der Waals surface area contributed by atoms with E-state index in [1.807, 2.05) is 0 Å². The first kappa shape index (κ1) is 11.3. The minimum Gasteiger partial charge on any atom is -0.377 e. The molecule has 2 atom stereocenters. The fraction of sp³-hybridized carbons (Fsp3) is 0.250. The molecular formula is C16H18N2. The van der Waals surface area contributed by atoms with Crippen molar-refractivity contribution < 1.29 is 0 Å². The van der Waals surface area contributed by atoms with E-state index in [-0.39, 0.29) is 0 Å². The summed E-state index contributed by atoms with van der Waals surface area (Å²) in [6.07, 6.45) is 9.71. The van der Waals surface area contributed by atoms with Gasteiger partial charge in [-0.1, -0.05) is 54.6 Å². The third-order valence-corrected chi connectivity index (χ3v) is 3.65. The van der Waals surface area contributed by atoms with Crippen molar-refractivity contribution in [3.05, 3.63) is 65.8 Å². The average molecular weight is 238 g/mol. The lowest BCUT2D eigenvalue weighted by Gasteiger charge is -2.18. The summed E-state index contributed by atoms with van der Waals surface area (Å²) in [6, 6.07) is 10.9. The largest absolute Gasteiger partial charge is 0.377 e. The zero-order chi connectivity index (χ0) is 12.4. The highest BCUT2D eigenvalue weighted by Crippen LogP contribution is 2.36. The molecule has 1 aromatic rings. The second-order valence-corrected chi connectivity index (χ2v) is 4.77. The number of hydrogen-bond donors (Lipinski definition) is 2. The lowest BCUT2D eigenvalue weighted by molar-refractivity contribution is 0.621. The summed E-state index contributed by atoms with van der Waals surface area (Å²) in [5.74, 6) is 0.466. The predicted octanol–water partition coefficient (Wildman–Crippen LogP) is 2.46. The fourth-order valence-corrected chi connectivity index (χ4v) is 2.82. The quantitative estimate of drug-likeness (QED) is 0.849. The van der Waals surface area contributed by atoms with Gasteiger partial charge in [0.1, 0.15) is 0 Å². The fourth-order valence-electron chi connectivity index (χ4n) is 2.82. The summed E-state index contributed by atoms with van der Waals surface area (Å²) in [5, 5.41) is 3.63. The number of hydrogen-bond acceptors (Lipinski definition) is 2. The summed E-state index contributed by atoms with van der Waals surface area (Å²) in [6.45, 7) is 0.703. The van der Waals surface area contributed by atoms with E-state index in [0.717, 1.165) is 6.42 Å². The molecule has 2 unspecified atom stereocenters. The summed E-state index contributed by atoms with van der Waals surface area (Å²) >= 11 is 0. The minimum atomic E-state index is 0.395. The van der Waals surface area contributed by atoms with Crippen LogP contribution in [-0.2, 0) is 0 Å². The van der Waals surface area contributed by atoms with Crippen molar-refractivity contribution in [1.82, 2.24) is 5.32 Å². The van der Waals surface area contributed by atoms with Crippen LogP contribution in [0, 0.1) is 5.92 Å². The van der Waals surface area contributed by atoms with Crippen LogP contribution < -0.4 is 11.1 Å². The third-order valence-electron chi connectivity index (χ3n) is 3.65. The highest BCUT2D eigenvalue weighted by Gasteiger charge is 2.31. The summed E-state index contributed by atoms with van der Waals surface area (Å²) in [7, 11) is 0. The maximum atomic E-state index is 5.77. The molecule has 3 rings (SSSR count). The normalized spacial score (nSPS) is 25.2. The molecule has 0 bridgehead atoms. The first-order chi connectivity index (χ1) is 8.90. The smallest absolute Gasteiger partial charge is 0.0548 e. The number of benzene rings is 1. The van der Waals surface area contributed by atoms with Gasteiger partial charge in [-0.25, -0.2) is 0 Å². The summed E-state index contributed by atoms with van der Waals surface area (Å²) in [5.41, 5.74) is 9.74. The molecule has 0 amide bonds. The Hall–Kier alpha value is -1.80. The molecule has 1 aliphatic carbocycles. The lowest BCUT2D eigenvalue weighted by Crippen LogP contribution is -2.26. The zero-order valence-electron chi connectivity index (χ0n) is 10.3. The van der Waals surface area contributed by atoms with Gasteiger partial charge >= 0.3 is 0 Å². The van der Waals surface area contributed by atoms with E-state index in [2.05, 4.69) is 60.0 Å². The van der Waals surface area contributed by atoms with Crippen molar-refractivity contribution in [2.45, 2.75) is 12.5 Å². The molecular weight excluding hydrogens is 220 g/mol. The van der Waals surface area contributed by atoms with Crippen molar-refractivity contribution in [2.75, 3.05) is 6.54 Å². The van der Waals surface area contributed by atoms with Gasteiger partial charge < -0.3 is 11.1 Å². The van der Waals surface area contributed by atoms with Crippen LogP contribution in [0.15, 0.2) is 60.2 Å². The molecule has 92 valence electrons. The summed E-state index contributed by atoms with van der Waals surface area (Å²) < 4.78 is 0. The van der Waals surface area contributed by atoms with Gasteiger partial charge in [0, 0.05) is 11.6 Å². The van der Waals surface area contributed by atoms with Gasteiger partial charge in [-0.2, -0.15) is 0 Å². The molecule has 0 saturated heterocycles. The first-order valence-corrected chi connectivity index (χ1v) is 6.50. The highest BCUT2D eigenvalue weighted by atomic mass is 15.0. The topological polar surface area (TPSA) is 38.0 Å². The molecule has 3 N–H and O–H groups in total. The molecule has 2 aliphatic rings. The Morgan fingerprint density at radius 1 is 1.06 bits per heavy atom. The SMILES string of the molecule is NCCC1=C(c2ccccc2)NC2C=CC=CC12. The van der Waals surface area contributed by atoms with Crippen LogP contribution in [0.3, 0.4) is 0 Å². The first-order valence-electron chi connectivity index (χ1n) is 6.50. The Balaban J connectivity index is 2.01. The molecule has 0 saturated carbocycles. The second-order valence-electron chi connectivity index (χ2n) is 4.77. The van der Waals surface area contributed by atoms with Gasteiger partial charge in [0.05, 0.1) is 6.04 Å². The van der Waals surface area contributed by atoms with Gasteiger partial charge in [-0.15, -0.1) is 0 Å². The molecule has 0 fully saturated rings. The molecule has 1 heterocycles. The zero-order valence-corrected chi connectivity index (χ0v) is 10.3. The molecule has 1 aromatic carbocycles. The summed E-state index contributed by atoms with van der Waals surface area (Å²) in [4.78, 5) is 0. The number of rotatable bonds is 3. The predicted molar refractivity (Wildman–Crippen MR) is 75.7 cm³/mol. The molecule has 2 heteroatoms. The number of nitrogens with two attached hydrogens (primary N) is 1. The average Bonchev–Trinajstić information content (AvgIpc) is 2.80. The van der Waals surface area contributed by atoms with E-state index in [4.69, 9.17) is 5.73 Å². The van der Waals surface area contributed by atoms with E-state index in [9.17, 15) is 0 Å². The Kier molecular flexibility index (Phi) is 3.03. The molecule has 1 aliphatic heterocycles. The molecule has 2 nitrogen and oxygen atoms in total. The van der Waals surface area contributed by atoms with Gasteiger partial charge in [0.15, 0.2) is 0 Å². The Labute approximate surface area is 108 Å². The van der Waals surface area contributed by atoms with Crippen molar-refractivity contribution >= 4 is 5.70 Å². The third kappa shape index (κ3) is 1.89. The van der Waals surface area contributed by atoms with Crippen LogP contribution in [0.2, 0.25) is 0 Å². The van der Waals surface area contributed by atoms with Crippen molar-refractivity contribution in [1.29, 1.82) is 0 Å². The van der Waals surface area contributed by atoms with Crippen LogP contribution in [-0.4, -0.2) is 12.6 Å². The highest BCUT2D eigenvalue weighted by molar-refractivity contribution is 5.72. The number of fused-ring (bicyclic) bond motifs is 1. The Bertz CT molecular complexity index is 511. The van der Waals surface area contributed by atoms with Crippen LogP contribution in [0.25, 0.3) is 5.70 Å². The van der Waals surface area contributed by atoms with E-state index < -0.39 is 0 Å². The molecule has 0 aromatic heterocycles. The lowest BCUT2D eigenvalue weighted by atomic mass is 9.88. The van der Waals surface area contributed by atoms with Crippen LogP contribution in [0.5, 0.6) is 0 Å². The molecule has 0 spiro atoms. The van der Waals surface area contributed by atoms with E-state index >= 15 is 0 Å². The van der Waals surface area contributed by atoms with Gasteiger partial charge in [-0.3, -0.25) is 0 Å². The second kappa shape index (κ2) is 4.83. The van der Waals surface area contributed by atoms with Crippen molar-refractivity contribution in [2.24, 2.45) is 11.7 Å². The van der Waals surface area contributed by atoms with Crippen molar-refractivity contribution in [3.8, 4) is 0 Å². The van der Waals surface area contributed by atoms with E-state index in [0.29, 0.717) is 18.5 Å². The molecule has 18 heavy (non-hydrogen) atoms. The van der Waals surface area contributed by atoms with Crippen LogP contribution in [0.1, 0.15) is 12.0 Å². The standard InChI is InChI=1S/C16H18N2/c17-11-10-14-13-8-4-5-9-15(13)18-16(14)12-6-2-1-3-7-12/h1-9,13,15,18H,10-11,17H2. The van der Waals surface area contributed by atoms with Gasteiger partial charge in [0.2, 0.25) is 0 Å². The molecule has 0 radical (unpaired) electrons. The minimum absolute atomic E-state index is 0.395. The van der Waals surface area contributed by atoms with E-state index in [1.54, 1.807) is 0 Å². The Morgan fingerprint density at radius 2 is 1.83 bits per heavy atom. The van der Waals surface area contributed by atoms with E-state index in [1.165, 1.54) is 16.8 Å². The number of nitrogens with one attached hydrogen (secondary N) is 1. The Morgan fingerprint density at radius 3 is 2.61 bits per heavy atom. The van der Waals surface area contributed by atoms with Crippen molar-refractivity contribution in [3.63, 3.8) is 0 Å². The van der Waals surface area contributed by atoms with Gasteiger partial charge in [-0.05, 0) is 24.1 Å². The monoisotopic (exact) mass is 238 g/mol.